The number of carbonyl (C=O) groups excluding carboxylic acids is 1. The van der Waals surface area contributed by atoms with Crippen molar-refractivity contribution < 1.29 is 4.79 Å². The lowest BCUT2D eigenvalue weighted by Gasteiger charge is -2.31. The third-order valence-electron chi connectivity index (χ3n) is 3.55. The largest absolute Gasteiger partial charge is 0.314 e. The van der Waals surface area contributed by atoms with Gasteiger partial charge < -0.3 is 4.90 Å². The SMILES string of the molecule is CN1C(=O)C(C)(CC(Cl)(Cl)C(Cl)Cl)c2ccccc21. The summed E-state index contributed by atoms with van der Waals surface area (Å²) in [5, 5.41) is 0. The normalized spacial score (nSPS) is 23.1. The van der Waals surface area contributed by atoms with Gasteiger partial charge in [0.05, 0.1) is 5.41 Å². The molecule has 2 nitrogen and oxygen atoms in total. The van der Waals surface area contributed by atoms with Crippen LogP contribution < -0.4 is 4.90 Å². The Balaban J connectivity index is 2.47. The van der Waals surface area contributed by atoms with Crippen molar-refractivity contribution >= 4 is 58.0 Å². The summed E-state index contributed by atoms with van der Waals surface area (Å²) in [6, 6.07) is 7.56. The molecule has 0 spiro atoms. The van der Waals surface area contributed by atoms with E-state index >= 15 is 0 Å². The van der Waals surface area contributed by atoms with E-state index in [-0.39, 0.29) is 12.3 Å². The van der Waals surface area contributed by atoms with Crippen LogP contribution in [0.5, 0.6) is 0 Å². The van der Waals surface area contributed by atoms with E-state index in [2.05, 4.69) is 0 Å². The second kappa shape index (κ2) is 5.00. The van der Waals surface area contributed by atoms with Crippen LogP contribution in [0.4, 0.5) is 5.69 Å². The lowest BCUT2D eigenvalue weighted by Crippen LogP contribution is -2.42. The van der Waals surface area contributed by atoms with E-state index < -0.39 is 14.6 Å². The van der Waals surface area contributed by atoms with Crippen molar-refractivity contribution in [3.05, 3.63) is 29.8 Å². The number of carbonyl (C=O) groups is 1. The van der Waals surface area contributed by atoms with Crippen LogP contribution in [0.15, 0.2) is 24.3 Å². The third kappa shape index (κ3) is 2.44. The minimum Gasteiger partial charge on any atom is -0.314 e. The fraction of sp³-hybridized carbons (Fsp3) is 0.462. The van der Waals surface area contributed by atoms with E-state index in [0.717, 1.165) is 11.3 Å². The Morgan fingerprint density at radius 1 is 1.32 bits per heavy atom. The van der Waals surface area contributed by atoms with Gasteiger partial charge in [-0.2, -0.15) is 0 Å². The van der Waals surface area contributed by atoms with E-state index in [1.807, 2.05) is 31.2 Å². The summed E-state index contributed by atoms with van der Waals surface area (Å²) in [6.07, 6.45) is 0.154. The fourth-order valence-electron chi connectivity index (χ4n) is 2.55. The Bertz CT molecular complexity index is 517. The molecule has 2 rings (SSSR count). The zero-order valence-electron chi connectivity index (χ0n) is 10.5. The second-order valence-corrected chi connectivity index (χ2v) is 7.59. The van der Waals surface area contributed by atoms with Crippen LogP contribution in [-0.2, 0) is 10.2 Å². The number of amides is 1. The number of hydrogen-bond acceptors (Lipinski definition) is 1. The number of alkyl halides is 4. The van der Waals surface area contributed by atoms with Gasteiger partial charge in [0.1, 0.15) is 9.17 Å². The van der Waals surface area contributed by atoms with Crippen LogP contribution in [0.25, 0.3) is 0 Å². The maximum atomic E-state index is 12.5. The molecule has 0 saturated carbocycles. The average Bonchev–Trinajstić information content (AvgIpc) is 2.52. The number of anilines is 1. The Morgan fingerprint density at radius 2 is 1.89 bits per heavy atom. The Labute approximate surface area is 132 Å². The fourth-order valence-corrected chi connectivity index (χ4v) is 3.24. The molecular formula is C13H13Cl4NO. The predicted octanol–water partition coefficient (Wildman–Crippen LogP) is 4.29. The summed E-state index contributed by atoms with van der Waals surface area (Å²) in [4.78, 5) is 13.1. The molecule has 0 radical (unpaired) electrons. The quantitative estimate of drug-likeness (QED) is 0.752. The average molecular weight is 341 g/mol. The number of fused-ring (bicyclic) bond motifs is 1. The summed E-state index contributed by atoms with van der Waals surface area (Å²) in [6.45, 7) is 1.81. The smallest absolute Gasteiger partial charge is 0.237 e. The van der Waals surface area contributed by atoms with Crippen LogP contribution in [0.1, 0.15) is 18.9 Å². The molecule has 0 aromatic heterocycles. The molecule has 1 atom stereocenters. The van der Waals surface area contributed by atoms with Crippen molar-refractivity contribution in [1.82, 2.24) is 0 Å². The van der Waals surface area contributed by atoms with Crippen molar-refractivity contribution in [2.75, 3.05) is 11.9 Å². The number of halogens is 4. The highest BCUT2D eigenvalue weighted by Crippen LogP contribution is 2.49. The molecule has 0 bridgehead atoms. The molecule has 1 unspecified atom stereocenters. The first-order valence-electron chi connectivity index (χ1n) is 5.74. The zero-order chi connectivity index (χ0) is 14.4. The van der Waals surface area contributed by atoms with E-state index in [0.29, 0.717) is 0 Å². The van der Waals surface area contributed by atoms with Gasteiger partial charge in [0.25, 0.3) is 0 Å². The molecule has 1 heterocycles. The summed E-state index contributed by atoms with van der Waals surface area (Å²) in [7, 11) is 1.73. The standard InChI is InChI=1S/C13H13Cl4NO/c1-12(7-13(16,17)10(14)15)8-5-3-4-6-9(8)18(2)11(12)19/h3-6,10H,7H2,1-2H3. The van der Waals surface area contributed by atoms with E-state index in [1.54, 1.807) is 11.9 Å². The van der Waals surface area contributed by atoms with E-state index in [1.165, 1.54) is 0 Å². The van der Waals surface area contributed by atoms with Gasteiger partial charge in [0.15, 0.2) is 0 Å². The number of nitrogens with zero attached hydrogens (tertiary/aromatic N) is 1. The van der Waals surface area contributed by atoms with Gasteiger partial charge in [-0.15, -0.1) is 23.2 Å². The molecule has 1 aliphatic rings. The zero-order valence-corrected chi connectivity index (χ0v) is 13.5. The molecule has 104 valence electrons. The maximum absolute atomic E-state index is 12.5. The summed E-state index contributed by atoms with van der Waals surface area (Å²) >= 11 is 23.9. The van der Waals surface area contributed by atoms with Gasteiger partial charge in [0.2, 0.25) is 5.91 Å². The summed E-state index contributed by atoms with van der Waals surface area (Å²) in [5.41, 5.74) is 0.929. The molecule has 6 heteroatoms. The number of rotatable bonds is 3. The molecule has 0 N–H and O–H groups in total. The second-order valence-electron chi connectivity index (χ2n) is 4.95. The highest BCUT2D eigenvalue weighted by Gasteiger charge is 2.51. The highest BCUT2D eigenvalue weighted by atomic mass is 35.5. The molecular weight excluding hydrogens is 328 g/mol. The Kier molecular flexibility index (Phi) is 4.01. The molecule has 1 amide bonds. The molecule has 1 aromatic rings. The Hall–Kier alpha value is -0.150. The van der Waals surface area contributed by atoms with Crippen molar-refractivity contribution in [3.8, 4) is 0 Å². The minimum atomic E-state index is -1.38. The van der Waals surface area contributed by atoms with E-state index in [9.17, 15) is 4.79 Å². The number of benzene rings is 1. The van der Waals surface area contributed by atoms with Gasteiger partial charge in [-0.05, 0) is 18.6 Å². The van der Waals surface area contributed by atoms with Gasteiger partial charge in [-0.25, -0.2) is 0 Å². The third-order valence-corrected chi connectivity index (χ3v) is 5.44. The van der Waals surface area contributed by atoms with Crippen molar-refractivity contribution in [2.45, 2.75) is 27.9 Å². The Morgan fingerprint density at radius 3 is 2.47 bits per heavy atom. The van der Waals surface area contributed by atoms with Gasteiger partial charge >= 0.3 is 0 Å². The summed E-state index contributed by atoms with van der Waals surface area (Å²) < 4.78 is -1.38. The molecule has 0 saturated heterocycles. The molecule has 1 aromatic carbocycles. The van der Waals surface area contributed by atoms with Crippen LogP contribution in [0.2, 0.25) is 0 Å². The molecule has 19 heavy (non-hydrogen) atoms. The first-order chi connectivity index (χ1) is 8.70. The monoisotopic (exact) mass is 339 g/mol. The van der Waals surface area contributed by atoms with Crippen LogP contribution >= 0.6 is 46.4 Å². The maximum Gasteiger partial charge on any atom is 0.237 e. The van der Waals surface area contributed by atoms with Gasteiger partial charge in [0, 0.05) is 19.2 Å². The minimum absolute atomic E-state index is 0.0617. The van der Waals surface area contributed by atoms with Crippen LogP contribution in [-0.4, -0.2) is 22.1 Å². The van der Waals surface area contributed by atoms with Crippen molar-refractivity contribution in [2.24, 2.45) is 0 Å². The number of likely N-dealkylation sites (N-methyl/N-ethyl adjacent to an activating group) is 1. The number of hydrogen-bond donors (Lipinski definition) is 0. The first-order valence-corrected chi connectivity index (χ1v) is 7.36. The van der Waals surface area contributed by atoms with Crippen molar-refractivity contribution in [1.29, 1.82) is 0 Å². The highest BCUT2D eigenvalue weighted by molar-refractivity contribution is 6.59. The van der Waals surface area contributed by atoms with Crippen LogP contribution in [0, 0.1) is 0 Å². The van der Waals surface area contributed by atoms with Gasteiger partial charge in [-0.1, -0.05) is 41.4 Å². The van der Waals surface area contributed by atoms with E-state index in [4.69, 9.17) is 46.4 Å². The van der Waals surface area contributed by atoms with Crippen molar-refractivity contribution in [3.63, 3.8) is 0 Å². The number of para-hydroxylation sites is 1. The summed E-state index contributed by atoms with van der Waals surface area (Å²) in [5.74, 6) is -0.0617. The lowest BCUT2D eigenvalue weighted by molar-refractivity contribution is -0.122. The predicted molar refractivity (Wildman–Crippen MR) is 81.8 cm³/mol. The molecule has 1 aliphatic heterocycles. The first kappa shape index (κ1) is 15.2. The topological polar surface area (TPSA) is 20.3 Å². The van der Waals surface area contributed by atoms with Crippen LogP contribution in [0.3, 0.4) is 0 Å². The van der Waals surface area contributed by atoms with Gasteiger partial charge in [-0.3, -0.25) is 4.79 Å². The molecule has 0 aliphatic carbocycles. The lowest BCUT2D eigenvalue weighted by atomic mass is 9.79. The molecule has 0 fully saturated rings.